The van der Waals surface area contributed by atoms with E-state index in [1.54, 1.807) is 30.3 Å². The maximum absolute atomic E-state index is 12.5. The van der Waals surface area contributed by atoms with Gasteiger partial charge in [-0.2, -0.15) is 0 Å². The highest BCUT2D eigenvalue weighted by Crippen LogP contribution is 2.42. The van der Waals surface area contributed by atoms with Gasteiger partial charge < -0.3 is 19.0 Å². The van der Waals surface area contributed by atoms with Gasteiger partial charge in [0.15, 0.2) is 22.5 Å². The first-order valence-electron chi connectivity index (χ1n) is 8.87. The van der Waals surface area contributed by atoms with Crippen molar-refractivity contribution in [2.75, 3.05) is 7.11 Å². The number of methoxy groups -OCH3 is 1. The molecular formula is C21H16BrClO6. The molecule has 0 spiro atoms. The third-order valence-electron chi connectivity index (χ3n) is 4.96. The molecule has 0 amide bonds. The summed E-state index contributed by atoms with van der Waals surface area (Å²) < 4.78 is 17.9. The third-order valence-corrected chi connectivity index (χ3v) is 5.92. The molecule has 1 N–H and O–H groups in total. The van der Waals surface area contributed by atoms with E-state index in [1.807, 2.05) is 0 Å². The highest BCUT2D eigenvalue weighted by atomic mass is 79.9. The van der Waals surface area contributed by atoms with E-state index in [9.17, 15) is 9.59 Å². The van der Waals surface area contributed by atoms with Gasteiger partial charge in [-0.1, -0.05) is 17.7 Å². The van der Waals surface area contributed by atoms with Gasteiger partial charge in [0.05, 0.1) is 23.4 Å². The van der Waals surface area contributed by atoms with Crippen LogP contribution in [0.4, 0.5) is 0 Å². The third kappa shape index (κ3) is 3.72. The Bertz CT molecular complexity index is 1170. The molecule has 29 heavy (non-hydrogen) atoms. The minimum atomic E-state index is -0.817. The number of carboxylic acids is 1. The summed E-state index contributed by atoms with van der Waals surface area (Å²) in [6.07, 6.45) is 0.659. The molecule has 1 saturated carbocycles. The number of halogens is 2. The molecule has 1 aromatic heterocycles. The fraction of sp³-hybridized carbons (Fsp3) is 0.238. The highest BCUT2D eigenvalue weighted by molar-refractivity contribution is 9.10. The molecule has 2 aromatic carbocycles. The molecular weight excluding hydrogens is 464 g/mol. The Morgan fingerprint density at radius 2 is 2.00 bits per heavy atom. The van der Waals surface area contributed by atoms with Crippen molar-refractivity contribution >= 4 is 44.5 Å². The molecule has 0 bridgehead atoms. The molecule has 0 aliphatic heterocycles. The Hall–Kier alpha value is -2.51. The lowest BCUT2D eigenvalue weighted by atomic mass is 9.82. The molecule has 0 radical (unpaired) electrons. The number of hydrogen-bond donors (Lipinski definition) is 1. The second-order valence-corrected chi connectivity index (χ2v) is 8.08. The fourth-order valence-corrected chi connectivity index (χ4v) is 4.03. The van der Waals surface area contributed by atoms with Crippen LogP contribution < -0.4 is 14.9 Å². The minimum absolute atomic E-state index is 0.211. The summed E-state index contributed by atoms with van der Waals surface area (Å²) in [6.45, 7) is 0. The molecule has 1 heterocycles. The number of aliphatic carboxylic acids is 1. The van der Waals surface area contributed by atoms with Crippen LogP contribution >= 0.6 is 27.5 Å². The number of hydrogen-bond acceptors (Lipinski definition) is 5. The second kappa shape index (κ2) is 7.72. The molecule has 0 unspecified atom stereocenters. The lowest BCUT2D eigenvalue weighted by Crippen LogP contribution is -2.38. The summed E-state index contributed by atoms with van der Waals surface area (Å²) in [5.41, 5.74) is 0.691. The lowest BCUT2D eigenvalue weighted by molar-refractivity contribution is -0.147. The second-order valence-electron chi connectivity index (χ2n) is 6.82. The van der Waals surface area contributed by atoms with Gasteiger partial charge in [-0.25, -0.2) is 0 Å². The van der Waals surface area contributed by atoms with Crippen molar-refractivity contribution < 1.29 is 23.8 Å². The summed E-state index contributed by atoms with van der Waals surface area (Å²) >= 11 is 9.69. The van der Waals surface area contributed by atoms with Crippen molar-refractivity contribution in [3.05, 3.63) is 56.1 Å². The van der Waals surface area contributed by atoms with E-state index >= 15 is 0 Å². The lowest BCUT2D eigenvalue weighted by Gasteiger charge is -2.33. The number of carbonyl (C=O) groups is 1. The van der Waals surface area contributed by atoms with E-state index in [0.29, 0.717) is 56.1 Å². The van der Waals surface area contributed by atoms with Crippen LogP contribution in [-0.2, 0) is 4.79 Å². The first-order chi connectivity index (χ1) is 13.9. The molecule has 0 atom stereocenters. The number of rotatable bonds is 5. The van der Waals surface area contributed by atoms with Gasteiger partial charge in [0.1, 0.15) is 11.9 Å². The molecule has 8 heteroatoms. The molecule has 150 valence electrons. The summed E-state index contributed by atoms with van der Waals surface area (Å²) in [5.74, 6) is 0.0544. The Morgan fingerprint density at radius 3 is 2.69 bits per heavy atom. The Labute approximate surface area is 179 Å². The Kier molecular flexibility index (Phi) is 5.27. The zero-order valence-electron chi connectivity index (χ0n) is 15.3. The van der Waals surface area contributed by atoms with Gasteiger partial charge in [-0.05, 0) is 53.0 Å². The zero-order chi connectivity index (χ0) is 20.7. The van der Waals surface area contributed by atoms with E-state index < -0.39 is 5.97 Å². The molecule has 4 rings (SSSR count). The van der Waals surface area contributed by atoms with Crippen LogP contribution in [-0.4, -0.2) is 24.3 Å². The topological polar surface area (TPSA) is 86.0 Å². The predicted octanol–water partition coefficient (Wildman–Crippen LogP) is 5.13. The average molecular weight is 480 g/mol. The van der Waals surface area contributed by atoms with Gasteiger partial charge in [0.25, 0.3) is 0 Å². The van der Waals surface area contributed by atoms with Crippen LogP contribution in [0.2, 0.25) is 5.02 Å². The van der Waals surface area contributed by atoms with Crippen molar-refractivity contribution in [3.63, 3.8) is 0 Å². The molecule has 6 nitrogen and oxygen atoms in total. The van der Waals surface area contributed by atoms with Gasteiger partial charge in [0.2, 0.25) is 0 Å². The predicted molar refractivity (Wildman–Crippen MR) is 112 cm³/mol. The number of ether oxygens (including phenoxy) is 2. The largest absolute Gasteiger partial charge is 0.493 e. The number of benzene rings is 2. The smallest absolute Gasteiger partial charge is 0.306 e. The zero-order valence-corrected chi connectivity index (χ0v) is 17.6. The van der Waals surface area contributed by atoms with Gasteiger partial charge in [-0.3, -0.25) is 9.59 Å². The van der Waals surface area contributed by atoms with E-state index in [2.05, 4.69) is 15.9 Å². The van der Waals surface area contributed by atoms with Crippen molar-refractivity contribution in [2.45, 2.75) is 18.9 Å². The first kappa shape index (κ1) is 19.8. The first-order valence-corrected chi connectivity index (χ1v) is 10.0. The Balaban J connectivity index is 1.75. The number of carboxylic acid groups (broad SMARTS) is 1. The quantitative estimate of drug-likeness (QED) is 0.546. The highest BCUT2D eigenvalue weighted by Gasteiger charge is 2.36. The van der Waals surface area contributed by atoms with Crippen molar-refractivity contribution in [1.82, 2.24) is 0 Å². The normalized spacial score (nSPS) is 18.3. The SMILES string of the molecule is COc1cc(Br)c(-c2cc(=O)c3cccc(Cl)c3o2)cc1O[C@H]1C[C@H](C(=O)O)C1. The van der Waals surface area contributed by atoms with E-state index in [4.69, 9.17) is 30.6 Å². The molecule has 1 aliphatic carbocycles. The Morgan fingerprint density at radius 1 is 1.24 bits per heavy atom. The van der Waals surface area contributed by atoms with Crippen LogP contribution in [0.1, 0.15) is 12.8 Å². The summed E-state index contributed by atoms with van der Waals surface area (Å²) in [5, 5.41) is 9.79. The van der Waals surface area contributed by atoms with Gasteiger partial charge in [0, 0.05) is 16.1 Å². The van der Waals surface area contributed by atoms with E-state index in [-0.39, 0.29) is 17.5 Å². The van der Waals surface area contributed by atoms with Crippen LogP contribution in [0.25, 0.3) is 22.3 Å². The summed E-state index contributed by atoms with van der Waals surface area (Å²) in [4.78, 5) is 23.5. The van der Waals surface area contributed by atoms with Gasteiger partial charge >= 0.3 is 5.97 Å². The summed E-state index contributed by atoms with van der Waals surface area (Å²) in [6, 6.07) is 9.83. The maximum Gasteiger partial charge on any atom is 0.306 e. The van der Waals surface area contributed by atoms with Crippen LogP contribution in [0.5, 0.6) is 11.5 Å². The summed E-state index contributed by atoms with van der Waals surface area (Å²) in [7, 11) is 1.52. The van der Waals surface area contributed by atoms with E-state index in [0.717, 1.165) is 0 Å². The van der Waals surface area contributed by atoms with Gasteiger partial charge in [-0.15, -0.1) is 0 Å². The number of para-hydroxylation sites is 1. The molecule has 0 saturated heterocycles. The standard InChI is InChI=1S/C21H16BrClO6/c1-27-18-8-14(22)13(7-19(18)28-11-5-10(6-11)21(25)26)17-9-16(24)12-3-2-4-15(23)20(12)29-17/h2-4,7-11H,5-6H2,1H3,(H,25,26)/t10-,11-. The van der Waals surface area contributed by atoms with Crippen LogP contribution in [0, 0.1) is 5.92 Å². The minimum Gasteiger partial charge on any atom is -0.493 e. The molecule has 1 fully saturated rings. The number of fused-ring (bicyclic) bond motifs is 1. The van der Waals surface area contributed by atoms with Crippen LogP contribution in [0.3, 0.4) is 0 Å². The molecule has 3 aromatic rings. The van der Waals surface area contributed by atoms with E-state index in [1.165, 1.54) is 13.2 Å². The van der Waals surface area contributed by atoms with Crippen LogP contribution in [0.15, 0.2) is 50.1 Å². The van der Waals surface area contributed by atoms with Crippen molar-refractivity contribution in [2.24, 2.45) is 5.92 Å². The molecule has 1 aliphatic rings. The fourth-order valence-electron chi connectivity index (χ4n) is 3.29. The average Bonchev–Trinajstić information content (AvgIpc) is 2.65. The van der Waals surface area contributed by atoms with Crippen molar-refractivity contribution in [3.8, 4) is 22.8 Å². The van der Waals surface area contributed by atoms with Crippen molar-refractivity contribution in [1.29, 1.82) is 0 Å². The maximum atomic E-state index is 12.5. The monoisotopic (exact) mass is 478 g/mol.